The molecule has 2 N–H and O–H groups in total. The van der Waals surface area contributed by atoms with Gasteiger partial charge in [-0.15, -0.1) is 0 Å². The van der Waals surface area contributed by atoms with Gasteiger partial charge in [0.1, 0.15) is 0 Å². The fourth-order valence-corrected chi connectivity index (χ4v) is 3.90. The lowest BCUT2D eigenvalue weighted by atomic mass is 10.1. The van der Waals surface area contributed by atoms with Crippen LogP contribution in [-0.4, -0.2) is 37.1 Å². The van der Waals surface area contributed by atoms with Crippen molar-refractivity contribution in [1.82, 2.24) is 4.90 Å². The predicted molar refractivity (Wildman–Crippen MR) is 85.5 cm³/mol. The largest absolute Gasteiger partial charge is 0.369 e. The Bertz CT molecular complexity index is 489. The van der Waals surface area contributed by atoms with Crippen LogP contribution in [0.2, 0.25) is 5.02 Å². The first-order chi connectivity index (χ1) is 9.56. The maximum absolute atomic E-state index is 6.49. The highest BCUT2D eigenvalue weighted by Crippen LogP contribution is 2.34. The van der Waals surface area contributed by atoms with Gasteiger partial charge in [-0.2, -0.15) is 0 Å². The number of halogens is 1. The summed E-state index contributed by atoms with van der Waals surface area (Å²) < 4.78 is 0. The Hall–Kier alpha value is -0.770. The van der Waals surface area contributed by atoms with E-state index < -0.39 is 0 Å². The summed E-state index contributed by atoms with van der Waals surface area (Å²) in [7, 11) is 2.27. The van der Waals surface area contributed by atoms with Crippen LogP contribution < -0.4 is 10.6 Å². The Balaban J connectivity index is 1.82. The van der Waals surface area contributed by atoms with Crippen LogP contribution in [0.15, 0.2) is 18.2 Å². The molecule has 1 aromatic carbocycles. The summed E-state index contributed by atoms with van der Waals surface area (Å²) in [6, 6.07) is 7.74. The Kier molecular flexibility index (Phi) is 3.93. The van der Waals surface area contributed by atoms with Crippen LogP contribution in [0.3, 0.4) is 0 Å². The molecular formula is C16H24ClN3. The number of fused-ring (bicyclic) bond motifs is 2. The van der Waals surface area contributed by atoms with E-state index in [1.165, 1.54) is 19.3 Å². The van der Waals surface area contributed by atoms with Gasteiger partial charge in [0, 0.05) is 31.2 Å². The van der Waals surface area contributed by atoms with Crippen molar-refractivity contribution in [3.63, 3.8) is 0 Å². The van der Waals surface area contributed by atoms with E-state index in [0.717, 1.165) is 35.4 Å². The molecule has 2 aliphatic heterocycles. The van der Waals surface area contributed by atoms with Gasteiger partial charge in [0.2, 0.25) is 0 Å². The molecule has 1 aromatic rings. The van der Waals surface area contributed by atoms with Crippen LogP contribution in [0.1, 0.15) is 37.8 Å². The summed E-state index contributed by atoms with van der Waals surface area (Å²) in [5.41, 5.74) is 8.19. The zero-order chi connectivity index (χ0) is 14.3. The van der Waals surface area contributed by atoms with Crippen molar-refractivity contribution in [3.05, 3.63) is 28.8 Å². The number of nitrogens with zero attached hydrogens (tertiary/aromatic N) is 2. The first-order valence-corrected chi connectivity index (χ1v) is 7.96. The molecule has 0 amide bonds. The van der Waals surface area contributed by atoms with E-state index in [9.17, 15) is 0 Å². The Morgan fingerprint density at radius 1 is 1.25 bits per heavy atom. The molecule has 3 atom stereocenters. The van der Waals surface area contributed by atoms with E-state index in [0.29, 0.717) is 6.04 Å². The Morgan fingerprint density at radius 3 is 2.70 bits per heavy atom. The zero-order valence-electron chi connectivity index (χ0n) is 12.3. The molecule has 0 aliphatic carbocycles. The van der Waals surface area contributed by atoms with E-state index in [-0.39, 0.29) is 6.04 Å². The molecule has 0 spiro atoms. The molecule has 0 saturated carbocycles. The maximum Gasteiger partial charge on any atom is 0.0642 e. The molecule has 20 heavy (non-hydrogen) atoms. The van der Waals surface area contributed by atoms with Gasteiger partial charge >= 0.3 is 0 Å². The third-order valence-corrected chi connectivity index (χ3v) is 5.29. The van der Waals surface area contributed by atoms with Crippen LogP contribution >= 0.6 is 11.6 Å². The lowest BCUT2D eigenvalue weighted by Crippen LogP contribution is -2.36. The first kappa shape index (κ1) is 14.2. The minimum Gasteiger partial charge on any atom is -0.369 e. The van der Waals surface area contributed by atoms with Crippen LogP contribution in [-0.2, 0) is 0 Å². The van der Waals surface area contributed by atoms with Gasteiger partial charge in [-0.3, -0.25) is 4.90 Å². The molecule has 2 heterocycles. The van der Waals surface area contributed by atoms with Crippen molar-refractivity contribution in [2.45, 2.75) is 44.3 Å². The van der Waals surface area contributed by atoms with Crippen molar-refractivity contribution in [2.24, 2.45) is 5.73 Å². The molecule has 4 heteroatoms. The van der Waals surface area contributed by atoms with Crippen molar-refractivity contribution >= 4 is 17.3 Å². The van der Waals surface area contributed by atoms with Crippen LogP contribution in [0.4, 0.5) is 5.69 Å². The van der Waals surface area contributed by atoms with Gasteiger partial charge in [-0.25, -0.2) is 0 Å². The minimum absolute atomic E-state index is 0.0350. The SMILES string of the molecule is CC(N)c1ccc(N2CCC3CCC(C2)N3C)c(Cl)c1. The molecular weight excluding hydrogens is 270 g/mol. The highest BCUT2D eigenvalue weighted by atomic mass is 35.5. The lowest BCUT2D eigenvalue weighted by molar-refractivity contribution is 0.254. The number of hydrogen-bond donors (Lipinski definition) is 1. The standard InChI is InChI=1S/C16H24ClN3/c1-11(18)12-3-6-16(15(17)9-12)20-8-7-13-4-5-14(10-20)19(13)2/h3,6,9,11,13-14H,4-5,7-8,10,18H2,1-2H3. The Labute approximate surface area is 126 Å². The van der Waals surface area contributed by atoms with E-state index >= 15 is 0 Å². The Morgan fingerprint density at radius 2 is 2.00 bits per heavy atom. The number of hydrogen-bond acceptors (Lipinski definition) is 3. The van der Waals surface area contributed by atoms with Gasteiger partial charge < -0.3 is 10.6 Å². The fraction of sp³-hybridized carbons (Fsp3) is 0.625. The quantitative estimate of drug-likeness (QED) is 0.910. The van der Waals surface area contributed by atoms with E-state index in [2.05, 4.69) is 29.0 Å². The monoisotopic (exact) mass is 293 g/mol. The van der Waals surface area contributed by atoms with Gasteiger partial charge in [0.25, 0.3) is 0 Å². The summed E-state index contributed by atoms with van der Waals surface area (Å²) in [5, 5.41) is 0.834. The van der Waals surface area contributed by atoms with Crippen LogP contribution in [0.25, 0.3) is 0 Å². The maximum atomic E-state index is 6.49. The van der Waals surface area contributed by atoms with Crippen molar-refractivity contribution < 1.29 is 0 Å². The first-order valence-electron chi connectivity index (χ1n) is 7.58. The van der Waals surface area contributed by atoms with Gasteiger partial charge in [0.05, 0.1) is 10.7 Å². The number of benzene rings is 1. The van der Waals surface area contributed by atoms with Gasteiger partial charge in [-0.05, 0) is 50.9 Å². The molecule has 2 saturated heterocycles. The minimum atomic E-state index is 0.0350. The average Bonchev–Trinajstić information content (AvgIpc) is 2.64. The average molecular weight is 294 g/mol. The molecule has 0 radical (unpaired) electrons. The van der Waals surface area contributed by atoms with Crippen LogP contribution in [0, 0.1) is 0 Å². The van der Waals surface area contributed by atoms with E-state index in [1.54, 1.807) is 0 Å². The molecule has 3 rings (SSSR count). The molecule has 3 unspecified atom stereocenters. The summed E-state index contributed by atoms with van der Waals surface area (Å²) in [4.78, 5) is 5.01. The summed E-state index contributed by atoms with van der Waals surface area (Å²) in [5.74, 6) is 0. The normalized spacial score (nSPS) is 28.5. The number of nitrogens with two attached hydrogens (primary N) is 1. The van der Waals surface area contributed by atoms with Crippen molar-refractivity contribution in [1.29, 1.82) is 0 Å². The molecule has 3 nitrogen and oxygen atoms in total. The summed E-state index contributed by atoms with van der Waals surface area (Å²) in [6.45, 7) is 4.18. The second-order valence-corrected chi connectivity index (χ2v) is 6.69. The predicted octanol–water partition coefficient (Wildman–Crippen LogP) is 3.03. The molecule has 110 valence electrons. The molecule has 2 fully saturated rings. The number of likely N-dealkylation sites (N-methyl/N-ethyl adjacent to an activating group) is 1. The lowest BCUT2D eigenvalue weighted by Gasteiger charge is -2.28. The fourth-order valence-electron chi connectivity index (χ4n) is 3.59. The number of anilines is 1. The third-order valence-electron chi connectivity index (χ3n) is 4.99. The topological polar surface area (TPSA) is 32.5 Å². The third kappa shape index (κ3) is 2.54. The highest BCUT2D eigenvalue weighted by molar-refractivity contribution is 6.33. The summed E-state index contributed by atoms with van der Waals surface area (Å²) in [6.07, 6.45) is 3.90. The second-order valence-electron chi connectivity index (χ2n) is 6.28. The van der Waals surface area contributed by atoms with Gasteiger partial charge in [0.15, 0.2) is 0 Å². The molecule has 2 aliphatic rings. The smallest absolute Gasteiger partial charge is 0.0642 e. The van der Waals surface area contributed by atoms with Crippen molar-refractivity contribution in [2.75, 3.05) is 25.0 Å². The summed E-state index contributed by atoms with van der Waals surface area (Å²) >= 11 is 6.49. The van der Waals surface area contributed by atoms with Crippen LogP contribution in [0.5, 0.6) is 0 Å². The zero-order valence-corrected chi connectivity index (χ0v) is 13.1. The van der Waals surface area contributed by atoms with E-state index in [4.69, 9.17) is 17.3 Å². The van der Waals surface area contributed by atoms with E-state index in [1.807, 2.05) is 13.0 Å². The second kappa shape index (κ2) is 5.55. The molecule has 0 aromatic heterocycles. The highest BCUT2D eigenvalue weighted by Gasteiger charge is 2.35. The van der Waals surface area contributed by atoms with Crippen molar-refractivity contribution in [3.8, 4) is 0 Å². The number of rotatable bonds is 2. The van der Waals surface area contributed by atoms with Gasteiger partial charge in [-0.1, -0.05) is 17.7 Å². The molecule has 2 bridgehead atoms.